The van der Waals surface area contributed by atoms with E-state index in [0.717, 1.165) is 12.8 Å². The highest BCUT2D eigenvalue weighted by Gasteiger charge is 2.24. The molecule has 108 valence electrons. The molecule has 2 unspecified atom stereocenters. The lowest BCUT2D eigenvalue weighted by atomic mass is 9.98. The minimum Gasteiger partial charge on any atom is -0.446 e. The number of hydrogen-bond donors (Lipinski definition) is 3. The summed E-state index contributed by atoms with van der Waals surface area (Å²) in [7, 11) is -4.03. The molecule has 4 N–H and O–H groups in total. The van der Waals surface area contributed by atoms with Crippen LogP contribution < -0.4 is 5.73 Å². The quantitative estimate of drug-likeness (QED) is 0.336. The zero-order chi connectivity index (χ0) is 14.2. The monoisotopic (exact) mass is 281 g/mol. The molecule has 18 heavy (non-hydrogen) atoms. The van der Waals surface area contributed by atoms with Gasteiger partial charge < -0.3 is 14.5 Å². The molecule has 0 fully saturated rings. The Morgan fingerprint density at radius 2 is 1.94 bits per heavy atom. The molecule has 0 aromatic heterocycles. The number of nitrogens with two attached hydrogens (primary N) is 1. The molecular weight excluding hydrogens is 257 g/mol. The van der Waals surface area contributed by atoms with Gasteiger partial charge in [-0.2, -0.15) is 0 Å². The van der Waals surface area contributed by atoms with Crippen molar-refractivity contribution in [3.05, 3.63) is 0 Å². The Morgan fingerprint density at radius 3 is 2.39 bits per heavy atom. The van der Waals surface area contributed by atoms with Gasteiger partial charge in [0.1, 0.15) is 0 Å². The second-order valence-corrected chi connectivity index (χ2v) is 6.16. The third-order valence-electron chi connectivity index (χ3n) is 2.74. The topological polar surface area (TPSA) is 110 Å². The molecule has 0 aliphatic rings. The van der Waals surface area contributed by atoms with E-state index in [1.165, 1.54) is 0 Å². The molecule has 0 saturated carbocycles. The van der Waals surface area contributed by atoms with Crippen molar-refractivity contribution < 1.29 is 23.9 Å². The number of carbonyl (C=O) groups excluding carboxylic acids is 1. The van der Waals surface area contributed by atoms with Crippen LogP contribution in [0.4, 0.5) is 0 Å². The number of rotatable bonds is 9. The second kappa shape index (κ2) is 8.64. The highest BCUT2D eigenvalue weighted by atomic mass is 31.2. The molecule has 2 atom stereocenters. The van der Waals surface area contributed by atoms with Crippen LogP contribution in [0.15, 0.2) is 0 Å². The number of unbranched alkanes of at least 4 members (excludes halogenated alkanes) is 1. The number of carbonyl (C=O) groups is 1. The van der Waals surface area contributed by atoms with Crippen molar-refractivity contribution in [1.29, 1.82) is 0 Å². The maximum atomic E-state index is 11.1. The van der Waals surface area contributed by atoms with Crippen molar-refractivity contribution >= 4 is 13.6 Å². The summed E-state index contributed by atoms with van der Waals surface area (Å²) in [5.41, 5.74) is 5.77. The van der Waals surface area contributed by atoms with Crippen LogP contribution in [-0.2, 0) is 14.1 Å². The van der Waals surface area contributed by atoms with Crippen LogP contribution in [0.2, 0.25) is 0 Å². The lowest BCUT2D eigenvalue weighted by molar-refractivity contribution is -0.151. The smallest absolute Gasteiger partial charge is 0.325 e. The van der Waals surface area contributed by atoms with E-state index in [1.54, 1.807) is 6.92 Å². The van der Waals surface area contributed by atoms with Gasteiger partial charge in [-0.05, 0) is 12.8 Å². The molecule has 0 aliphatic carbocycles. The first kappa shape index (κ1) is 17.6. The van der Waals surface area contributed by atoms with Crippen molar-refractivity contribution in [2.45, 2.75) is 52.2 Å². The molecular formula is C11H24NO5P. The van der Waals surface area contributed by atoms with Crippen LogP contribution in [0.5, 0.6) is 0 Å². The largest absolute Gasteiger partial charge is 0.446 e. The van der Waals surface area contributed by atoms with E-state index in [4.69, 9.17) is 20.3 Å². The van der Waals surface area contributed by atoms with Gasteiger partial charge in [-0.25, -0.2) is 0 Å². The third kappa shape index (κ3) is 8.64. The molecule has 0 rings (SSSR count). The average Bonchev–Trinajstić information content (AvgIpc) is 2.27. The predicted molar refractivity (Wildman–Crippen MR) is 68.9 cm³/mol. The fourth-order valence-electron chi connectivity index (χ4n) is 1.60. The number of esters is 1. The molecule has 0 aliphatic heterocycles. The Hall–Kier alpha value is -0.420. The van der Waals surface area contributed by atoms with Gasteiger partial charge in [-0.3, -0.25) is 15.1 Å². The maximum Gasteiger partial charge on any atom is 0.325 e. The molecule has 0 bridgehead atoms. The molecule has 0 amide bonds. The minimum atomic E-state index is -4.03. The van der Waals surface area contributed by atoms with Crippen molar-refractivity contribution in [3.8, 4) is 0 Å². The zero-order valence-electron chi connectivity index (χ0n) is 11.0. The van der Waals surface area contributed by atoms with E-state index in [1.807, 2.05) is 6.92 Å². The van der Waals surface area contributed by atoms with Crippen molar-refractivity contribution in [1.82, 2.24) is 0 Å². The fourth-order valence-corrected chi connectivity index (χ4v) is 2.27. The molecule has 0 aromatic rings. The molecule has 0 heterocycles. The zero-order valence-corrected chi connectivity index (χ0v) is 11.9. The molecule has 7 heteroatoms. The summed E-state index contributed by atoms with van der Waals surface area (Å²) >= 11 is 0. The van der Waals surface area contributed by atoms with Crippen molar-refractivity contribution in [2.75, 3.05) is 6.16 Å². The highest BCUT2D eigenvalue weighted by Crippen LogP contribution is 2.37. The Balaban J connectivity index is 4.36. The molecule has 6 nitrogen and oxygen atoms in total. The van der Waals surface area contributed by atoms with E-state index < -0.39 is 13.8 Å². The summed E-state index contributed by atoms with van der Waals surface area (Å²) in [6.45, 7) is 3.69. The van der Waals surface area contributed by atoms with Gasteiger partial charge in [0.25, 0.3) is 0 Å². The van der Waals surface area contributed by atoms with Gasteiger partial charge in [-0.1, -0.05) is 26.7 Å². The van der Waals surface area contributed by atoms with E-state index in [2.05, 4.69) is 0 Å². The second-order valence-electron chi connectivity index (χ2n) is 4.39. The van der Waals surface area contributed by atoms with Crippen LogP contribution in [0.1, 0.15) is 46.0 Å². The van der Waals surface area contributed by atoms with Gasteiger partial charge in [0.15, 0.2) is 6.23 Å². The lowest BCUT2D eigenvalue weighted by Gasteiger charge is -2.23. The van der Waals surface area contributed by atoms with Crippen LogP contribution >= 0.6 is 7.60 Å². The van der Waals surface area contributed by atoms with E-state index >= 15 is 0 Å². The average molecular weight is 281 g/mol. The van der Waals surface area contributed by atoms with Gasteiger partial charge in [-0.15, -0.1) is 0 Å². The Morgan fingerprint density at radius 1 is 1.33 bits per heavy atom. The fraction of sp³-hybridized carbons (Fsp3) is 0.909. The summed E-state index contributed by atoms with van der Waals surface area (Å²) in [6, 6.07) is 0. The summed E-state index contributed by atoms with van der Waals surface area (Å²) in [5.74, 6) is -0.590. The van der Waals surface area contributed by atoms with Gasteiger partial charge in [0.05, 0.1) is 6.16 Å². The molecule has 0 saturated heterocycles. The Labute approximate surface area is 108 Å². The van der Waals surface area contributed by atoms with Gasteiger partial charge >= 0.3 is 13.6 Å². The van der Waals surface area contributed by atoms with Crippen LogP contribution in [-0.4, -0.2) is 28.1 Å². The van der Waals surface area contributed by atoms with Crippen molar-refractivity contribution in [3.63, 3.8) is 0 Å². The first-order chi connectivity index (χ1) is 8.30. The van der Waals surface area contributed by atoms with Crippen LogP contribution in [0.25, 0.3) is 0 Å². The van der Waals surface area contributed by atoms with Crippen molar-refractivity contribution in [2.24, 2.45) is 11.7 Å². The normalized spacial score (nSPS) is 15.2. The molecule has 0 aromatic carbocycles. The predicted octanol–water partition coefficient (Wildman–Crippen LogP) is 1.60. The standard InChI is InChI=1S/C11H24NO5P/c1-3-5-6-9(7-8-18(14,15)16)11(12)17-10(13)4-2/h9,11H,3-8,12H2,1-2H3,(H2,14,15,16). The number of ether oxygens (including phenoxy) is 1. The SMILES string of the molecule is CCCCC(CCP(=O)(O)O)C(N)OC(=O)CC. The maximum absolute atomic E-state index is 11.1. The minimum absolute atomic E-state index is 0.201. The Kier molecular flexibility index (Phi) is 8.44. The Bertz CT molecular complexity index is 291. The summed E-state index contributed by atoms with van der Waals surface area (Å²) in [5, 5.41) is 0. The van der Waals surface area contributed by atoms with E-state index in [9.17, 15) is 9.36 Å². The lowest BCUT2D eigenvalue weighted by Crippen LogP contribution is -2.35. The van der Waals surface area contributed by atoms with Gasteiger partial charge in [0.2, 0.25) is 0 Å². The summed E-state index contributed by atoms with van der Waals surface area (Å²) < 4.78 is 15.9. The molecule has 0 spiro atoms. The third-order valence-corrected chi connectivity index (χ3v) is 3.58. The van der Waals surface area contributed by atoms with E-state index in [-0.39, 0.29) is 30.9 Å². The highest BCUT2D eigenvalue weighted by molar-refractivity contribution is 7.51. The van der Waals surface area contributed by atoms with E-state index in [0.29, 0.717) is 6.42 Å². The number of hydrogen-bond acceptors (Lipinski definition) is 4. The van der Waals surface area contributed by atoms with Gasteiger partial charge in [0, 0.05) is 12.3 Å². The first-order valence-electron chi connectivity index (χ1n) is 6.29. The first-order valence-corrected chi connectivity index (χ1v) is 8.09. The summed E-state index contributed by atoms with van der Waals surface area (Å²) in [4.78, 5) is 28.9. The van der Waals surface area contributed by atoms with Crippen LogP contribution in [0, 0.1) is 5.92 Å². The molecule has 0 radical (unpaired) electrons. The summed E-state index contributed by atoms with van der Waals surface area (Å²) in [6.07, 6.45) is 2.06. The van der Waals surface area contributed by atoms with Crippen LogP contribution in [0.3, 0.4) is 0 Å².